The first-order valence-corrected chi connectivity index (χ1v) is 6.06. The van der Waals surface area contributed by atoms with E-state index in [9.17, 15) is 0 Å². The van der Waals surface area contributed by atoms with E-state index in [4.69, 9.17) is 10.2 Å². The first kappa shape index (κ1) is 13.1. The summed E-state index contributed by atoms with van der Waals surface area (Å²) in [6.45, 7) is 0. The molecule has 16 heavy (non-hydrogen) atoms. The Balaban J connectivity index is 0.000000160. The van der Waals surface area contributed by atoms with Crippen LogP contribution in [0.4, 0.5) is 0 Å². The van der Waals surface area contributed by atoms with Crippen molar-refractivity contribution >= 4 is 31.9 Å². The second kappa shape index (κ2) is 6.55. The molecule has 0 spiro atoms. The summed E-state index contributed by atoms with van der Waals surface area (Å²) in [5.41, 5.74) is 0. The monoisotopic (exact) mass is 344 g/mol. The molecule has 0 aliphatic heterocycles. The Morgan fingerprint density at radius 1 is 0.812 bits per heavy atom. The van der Waals surface area contributed by atoms with Gasteiger partial charge in [0.15, 0.2) is 0 Å². The lowest BCUT2D eigenvalue weighted by Crippen LogP contribution is -1.63. The molecular formula is C12H10Br2O2. The highest BCUT2D eigenvalue weighted by Crippen LogP contribution is 2.21. The number of phenolic OH excluding ortho intramolecular Hbond substituents is 2. The minimum atomic E-state index is 0.285. The van der Waals surface area contributed by atoms with E-state index < -0.39 is 0 Å². The zero-order chi connectivity index (χ0) is 12.0. The third kappa shape index (κ3) is 4.68. The van der Waals surface area contributed by atoms with Crippen LogP contribution in [0.3, 0.4) is 0 Å². The van der Waals surface area contributed by atoms with Crippen molar-refractivity contribution in [2.45, 2.75) is 0 Å². The Hall–Kier alpha value is -1.00. The summed E-state index contributed by atoms with van der Waals surface area (Å²) in [6, 6.07) is 14.0. The third-order valence-corrected chi connectivity index (χ3v) is 2.82. The molecule has 0 atom stereocenters. The van der Waals surface area contributed by atoms with Gasteiger partial charge in [-0.05, 0) is 46.3 Å². The van der Waals surface area contributed by atoms with Crippen LogP contribution in [0, 0.1) is 0 Å². The van der Waals surface area contributed by atoms with Crippen LogP contribution in [-0.2, 0) is 0 Å². The molecule has 0 aromatic heterocycles. The molecule has 0 radical (unpaired) electrons. The second-order valence-electron chi connectivity index (χ2n) is 2.93. The van der Waals surface area contributed by atoms with Gasteiger partial charge in [0.2, 0.25) is 0 Å². The van der Waals surface area contributed by atoms with Crippen LogP contribution in [0.1, 0.15) is 0 Å². The molecule has 0 aliphatic carbocycles. The Morgan fingerprint density at radius 2 is 1.50 bits per heavy atom. The molecule has 0 fully saturated rings. The lowest BCUT2D eigenvalue weighted by atomic mass is 10.3. The van der Waals surface area contributed by atoms with Crippen LogP contribution in [0.25, 0.3) is 0 Å². The SMILES string of the molecule is Oc1cccc(Br)c1.Oc1ccccc1Br. The van der Waals surface area contributed by atoms with Crippen LogP contribution in [-0.4, -0.2) is 10.2 Å². The summed E-state index contributed by atoms with van der Waals surface area (Å²) in [5, 5.41) is 17.7. The minimum Gasteiger partial charge on any atom is -0.508 e. The molecule has 0 saturated heterocycles. The molecule has 84 valence electrons. The molecule has 2 rings (SSSR count). The van der Waals surface area contributed by atoms with Crippen molar-refractivity contribution in [3.05, 3.63) is 57.5 Å². The van der Waals surface area contributed by atoms with Crippen molar-refractivity contribution in [2.75, 3.05) is 0 Å². The Morgan fingerprint density at radius 3 is 1.88 bits per heavy atom. The fourth-order valence-electron chi connectivity index (χ4n) is 0.928. The first-order chi connectivity index (χ1) is 7.59. The highest BCUT2D eigenvalue weighted by molar-refractivity contribution is 9.10. The molecule has 0 unspecified atom stereocenters. The summed E-state index contributed by atoms with van der Waals surface area (Å²) in [4.78, 5) is 0. The molecule has 2 aromatic carbocycles. The number of benzene rings is 2. The van der Waals surface area contributed by atoms with Crippen LogP contribution in [0.15, 0.2) is 57.5 Å². The van der Waals surface area contributed by atoms with Gasteiger partial charge in [-0.15, -0.1) is 0 Å². The quantitative estimate of drug-likeness (QED) is 0.746. The van der Waals surface area contributed by atoms with Crippen molar-refractivity contribution in [3.63, 3.8) is 0 Å². The summed E-state index contributed by atoms with van der Waals surface area (Å²) in [6.07, 6.45) is 0. The van der Waals surface area contributed by atoms with Gasteiger partial charge in [0.05, 0.1) is 4.47 Å². The number of rotatable bonds is 0. The molecule has 2 nitrogen and oxygen atoms in total. The number of phenols is 2. The van der Waals surface area contributed by atoms with Gasteiger partial charge in [-0.2, -0.15) is 0 Å². The molecule has 0 amide bonds. The molecule has 0 bridgehead atoms. The fourth-order valence-corrected chi connectivity index (χ4v) is 1.60. The second-order valence-corrected chi connectivity index (χ2v) is 4.70. The van der Waals surface area contributed by atoms with E-state index in [0.717, 1.165) is 8.95 Å². The van der Waals surface area contributed by atoms with E-state index in [0.29, 0.717) is 5.75 Å². The van der Waals surface area contributed by atoms with Crippen molar-refractivity contribution < 1.29 is 10.2 Å². The van der Waals surface area contributed by atoms with Gasteiger partial charge >= 0.3 is 0 Å². The van der Waals surface area contributed by atoms with Gasteiger partial charge < -0.3 is 10.2 Å². The summed E-state index contributed by atoms with van der Waals surface area (Å²) in [5.74, 6) is 0.576. The lowest BCUT2D eigenvalue weighted by molar-refractivity contribution is 0.472. The van der Waals surface area contributed by atoms with Gasteiger partial charge in [-0.3, -0.25) is 0 Å². The number of halogens is 2. The van der Waals surface area contributed by atoms with E-state index in [1.54, 1.807) is 36.4 Å². The summed E-state index contributed by atoms with van der Waals surface area (Å²) < 4.78 is 1.64. The van der Waals surface area contributed by atoms with Crippen LogP contribution < -0.4 is 0 Å². The first-order valence-electron chi connectivity index (χ1n) is 4.47. The van der Waals surface area contributed by atoms with Gasteiger partial charge in [0, 0.05) is 4.47 Å². The molecule has 0 aliphatic rings. The maximum absolute atomic E-state index is 8.87. The zero-order valence-corrected chi connectivity index (χ0v) is 11.4. The average molecular weight is 346 g/mol. The molecule has 2 aromatic rings. The predicted molar refractivity (Wildman–Crippen MR) is 71.6 cm³/mol. The lowest BCUT2D eigenvalue weighted by Gasteiger charge is -1.90. The molecule has 0 saturated carbocycles. The zero-order valence-electron chi connectivity index (χ0n) is 8.27. The Bertz CT molecular complexity index is 420. The molecule has 4 heteroatoms. The van der Waals surface area contributed by atoms with Crippen molar-refractivity contribution in [1.29, 1.82) is 0 Å². The van der Waals surface area contributed by atoms with Gasteiger partial charge in [0.1, 0.15) is 11.5 Å². The Labute approximate surface area is 111 Å². The van der Waals surface area contributed by atoms with E-state index in [2.05, 4.69) is 31.9 Å². The maximum atomic E-state index is 8.87. The number of para-hydroxylation sites is 1. The van der Waals surface area contributed by atoms with Gasteiger partial charge in [-0.25, -0.2) is 0 Å². The van der Waals surface area contributed by atoms with Crippen molar-refractivity contribution in [1.82, 2.24) is 0 Å². The van der Waals surface area contributed by atoms with E-state index >= 15 is 0 Å². The number of hydrogen-bond acceptors (Lipinski definition) is 2. The topological polar surface area (TPSA) is 40.5 Å². The van der Waals surface area contributed by atoms with Crippen molar-refractivity contribution in [3.8, 4) is 11.5 Å². The predicted octanol–water partition coefficient (Wildman–Crippen LogP) is 4.31. The average Bonchev–Trinajstić information content (AvgIpc) is 2.23. The van der Waals surface area contributed by atoms with Gasteiger partial charge in [-0.1, -0.05) is 34.1 Å². The largest absolute Gasteiger partial charge is 0.508 e. The number of hydrogen-bond donors (Lipinski definition) is 2. The van der Waals surface area contributed by atoms with Crippen LogP contribution >= 0.6 is 31.9 Å². The van der Waals surface area contributed by atoms with E-state index in [1.807, 2.05) is 12.1 Å². The summed E-state index contributed by atoms with van der Waals surface area (Å²) in [7, 11) is 0. The van der Waals surface area contributed by atoms with Crippen molar-refractivity contribution in [2.24, 2.45) is 0 Å². The van der Waals surface area contributed by atoms with Crippen LogP contribution in [0.2, 0.25) is 0 Å². The highest BCUT2D eigenvalue weighted by atomic mass is 79.9. The number of aromatic hydroxyl groups is 2. The Kier molecular flexibility index (Phi) is 5.35. The molecular weight excluding hydrogens is 336 g/mol. The third-order valence-electron chi connectivity index (χ3n) is 1.66. The standard InChI is InChI=1S/2C6H5BrO/c7-5-2-1-3-6(8)4-5;7-5-3-1-2-4-6(5)8/h2*1-4,8H. The summed E-state index contributed by atoms with van der Waals surface area (Å²) >= 11 is 6.35. The fraction of sp³-hybridized carbons (Fsp3) is 0. The molecule has 0 heterocycles. The van der Waals surface area contributed by atoms with Gasteiger partial charge in [0.25, 0.3) is 0 Å². The van der Waals surface area contributed by atoms with Crippen LogP contribution in [0.5, 0.6) is 11.5 Å². The normalized spacial score (nSPS) is 9.12. The smallest absolute Gasteiger partial charge is 0.129 e. The van der Waals surface area contributed by atoms with E-state index in [-0.39, 0.29) is 5.75 Å². The molecule has 2 N–H and O–H groups in total. The highest BCUT2D eigenvalue weighted by Gasteiger charge is 1.89. The van der Waals surface area contributed by atoms with E-state index in [1.165, 1.54) is 0 Å². The minimum absolute atomic E-state index is 0.285. The maximum Gasteiger partial charge on any atom is 0.129 e.